The molecule has 6 nitrogen and oxygen atoms in total. The minimum atomic E-state index is -0.349. The van der Waals surface area contributed by atoms with Gasteiger partial charge in [-0.1, -0.05) is 32.0 Å². The van der Waals surface area contributed by atoms with Crippen molar-refractivity contribution in [3.63, 3.8) is 0 Å². The molecule has 2 rings (SSSR count). The van der Waals surface area contributed by atoms with Crippen molar-refractivity contribution in [1.82, 2.24) is 10.2 Å². The SMILES string of the molecule is CCCN(CCC)C(=O)c1cccc(NC(=S)NC(=O)/C=C/c2ccc(OC)cc2)c1. The van der Waals surface area contributed by atoms with Gasteiger partial charge in [0.1, 0.15) is 5.75 Å². The predicted octanol–water partition coefficient (Wildman–Crippen LogP) is 4.48. The van der Waals surface area contributed by atoms with Crippen molar-refractivity contribution in [2.45, 2.75) is 26.7 Å². The second-order valence-corrected chi connectivity index (χ2v) is 7.33. The van der Waals surface area contributed by atoms with E-state index in [1.54, 1.807) is 37.5 Å². The van der Waals surface area contributed by atoms with E-state index in [2.05, 4.69) is 24.5 Å². The van der Waals surface area contributed by atoms with Crippen LogP contribution in [0.4, 0.5) is 5.69 Å². The fraction of sp³-hybridized carbons (Fsp3) is 0.292. The fourth-order valence-electron chi connectivity index (χ4n) is 2.97. The number of thiocarbonyl (C=S) groups is 1. The summed E-state index contributed by atoms with van der Waals surface area (Å²) in [5, 5.41) is 5.73. The normalized spacial score (nSPS) is 10.5. The van der Waals surface area contributed by atoms with Crippen LogP contribution in [-0.4, -0.2) is 42.0 Å². The molecule has 0 saturated carbocycles. The summed E-state index contributed by atoms with van der Waals surface area (Å²) < 4.78 is 5.11. The van der Waals surface area contributed by atoms with Crippen LogP contribution < -0.4 is 15.4 Å². The molecule has 0 fully saturated rings. The molecule has 0 saturated heterocycles. The summed E-state index contributed by atoms with van der Waals surface area (Å²) in [6.45, 7) is 5.55. The zero-order chi connectivity index (χ0) is 22.6. The maximum Gasteiger partial charge on any atom is 0.253 e. The molecule has 0 radical (unpaired) electrons. The molecule has 31 heavy (non-hydrogen) atoms. The minimum absolute atomic E-state index is 0.00951. The van der Waals surface area contributed by atoms with Crippen LogP contribution in [0, 0.1) is 0 Å². The van der Waals surface area contributed by atoms with Crippen LogP contribution in [0.25, 0.3) is 6.08 Å². The number of benzene rings is 2. The lowest BCUT2D eigenvalue weighted by atomic mass is 10.1. The number of hydrogen-bond acceptors (Lipinski definition) is 4. The van der Waals surface area contributed by atoms with Gasteiger partial charge < -0.3 is 15.0 Å². The van der Waals surface area contributed by atoms with Gasteiger partial charge >= 0.3 is 0 Å². The Balaban J connectivity index is 1.95. The molecule has 0 aliphatic heterocycles. The molecule has 0 aliphatic carbocycles. The number of hydrogen-bond donors (Lipinski definition) is 2. The molecule has 0 heterocycles. The van der Waals surface area contributed by atoms with Crippen LogP contribution in [0.5, 0.6) is 5.75 Å². The van der Waals surface area contributed by atoms with E-state index in [4.69, 9.17) is 17.0 Å². The molecular formula is C24H29N3O3S. The summed E-state index contributed by atoms with van der Waals surface area (Å²) >= 11 is 5.23. The molecule has 0 spiro atoms. The van der Waals surface area contributed by atoms with E-state index < -0.39 is 0 Å². The number of amides is 2. The standard InChI is InChI=1S/C24H29N3O3S/c1-4-15-27(16-5-2)23(29)19-7-6-8-20(17-19)25-24(31)26-22(28)14-11-18-9-12-21(30-3)13-10-18/h6-14,17H,4-5,15-16H2,1-3H3,(H2,25,26,28,31)/b14-11+. The molecule has 2 aromatic carbocycles. The third-order valence-electron chi connectivity index (χ3n) is 4.42. The molecule has 2 amide bonds. The van der Waals surface area contributed by atoms with Crippen LogP contribution in [-0.2, 0) is 4.79 Å². The Bertz CT molecular complexity index is 920. The molecule has 0 unspecified atom stereocenters. The van der Waals surface area contributed by atoms with E-state index in [1.807, 2.05) is 29.2 Å². The van der Waals surface area contributed by atoms with Gasteiger partial charge in [-0.15, -0.1) is 0 Å². The monoisotopic (exact) mass is 439 g/mol. The van der Waals surface area contributed by atoms with Crippen LogP contribution in [0.3, 0.4) is 0 Å². The van der Waals surface area contributed by atoms with Gasteiger partial charge in [0.05, 0.1) is 7.11 Å². The topological polar surface area (TPSA) is 70.7 Å². The fourth-order valence-corrected chi connectivity index (χ4v) is 3.19. The lowest BCUT2D eigenvalue weighted by Gasteiger charge is -2.21. The average molecular weight is 440 g/mol. The highest BCUT2D eigenvalue weighted by molar-refractivity contribution is 7.80. The number of nitrogens with zero attached hydrogens (tertiary/aromatic N) is 1. The van der Waals surface area contributed by atoms with E-state index in [-0.39, 0.29) is 16.9 Å². The number of rotatable bonds is 9. The van der Waals surface area contributed by atoms with Gasteiger partial charge in [-0.2, -0.15) is 0 Å². The molecule has 0 bridgehead atoms. The number of carbonyl (C=O) groups excluding carboxylic acids is 2. The predicted molar refractivity (Wildman–Crippen MR) is 129 cm³/mol. The summed E-state index contributed by atoms with van der Waals surface area (Å²) in [6, 6.07) is 14.5. The van der Waals surface area contributed by atoms with Crippen molar-refractivity contribution < 1.29 is 14.3 Å². The van der Waals surface area contributed by atoms with E-state index in [0.717, 1.165) is 37.2 Å². The molecule has 0 aromatic heterocycles. The number of nitrogens with one attached hydrogen (secondary N) is 2. The Morgan fingerprint density at radius 3 is 2.35 bits per heavy atom. The molecule has 0 atom stereocenters. The van der Waals surface area contributed by atoms with Gasteiger partial charge in [-0.05, 0) is 67.0 Å². The second-order valence-electron chi connectivity index (χ2n) is 6.92. The number of anilines is 1. The van der Waals surface area contributed by atoms with Crippen LogP contribution in [0.15, 0.2) is 54.6 Å². The molecule has 0 aliphatic rings. The van der Waals surface area contributed by atoms with Crippen molar-refractivity contribution in [3.05, 3.63) is 65.7 Å². The largest absolute Gasteiger partial charge is 0.497 e. The smallest absolute Gasteiger partial charge is 0.253 e. The van der Waals surface area contributed by atoms with Gasteiger partial charge in [0, 0.05) is 30.4 Å². The highest BCUT2D eigenvalue weighted by Crippen LogP contribution is 2.14. The zero-order valence-electron chi connectivity index (χ0n) is 18.2. The Labute approximate surface area is 189 Å². The van der Waals surface area contributed by atoms with E-state index in [9.17, 15) is 9.59 Å². The van der Waals surface area contributed by atoms with Crippen LogP contribution in [0.1, 0.15) is 42.6 Å². The Hall–Kier alpha value is -3.19. The van der Waals surface area contributed by atoms with Gasteiger partial charge in [0.2, 0.25) is 5.91 Å². The molecule has 2 N–H and O–H groups in total. The molecule has 2 aromatic rings. The average Bonchev–Trinajstić information content (AvgIpc) is 2.77. The van der Waals surface area contributed by atoms with Gasteiger partial charge in [0.25, 0.3) is 5.91 Å². The van der Waals surface area contributed by atoms with Crippen molar-refractivity contribution in [2.75, 3.05) is 25.5 Å². The Morgan fingerprint density at radius 1 is 1.06 bits per heavy atom. The van der Waals surface area contributed by atoms with E-state index in [0.29, 0.717) is 11.3 Å². The summed E-state index contributed by atoms with van der Waals surface area (Å²) in [5.74, 6) is 0.391. The van der Waals surface area contributed by atoms with E-state index in [1.165, 1.54) is 6.08 Å². The first-order valence-electron chi connectivity index (χ1n) is 10.3. The number of methoxy groups -OCH3 is 1. The molecule has 7 heteroatoms. The third kappa shape index (κ3) is 7.86. The first-order valence-corrected chi connectivity index (χ1v) is 10.7. The lowest BCUT2D eigenvalue weighted by molar-refractivity contribution is -0.115. The number of ether oxygens (including phenoxy) is 1. The minimum Gasteiger partial charge on any atom is -0.497 e. The molecule has 164 valence electrons. The summed E-state index contributed by atoms with van der Waals surface area (Å²) in [4.78, 5) is 26.8. The first-order chi connectivity index (χ1) is 15.0. The third-order valence-corrected chi connectivity index (χ3v) is 4.63. The Morgan fingerprint density at radius 2 is 1.74 bits per heavy atom. The quantitative estimate of drug-likeness (QED) is 0.445. The van der Waals surface area contributed by atoms with E-state index >= 15 is 0 Å². The van der Waals surface area contributed by atoms with Crippen molar-refractivity contribution in [2.24, 2.45) is 0 Å². The van der Waals surface area contributed by atoms with Gasteiger partial charge in [0.15, 0.2) is 5.11 Å². The Kier molecular flexibility index (Phi) is 9.71. The van der Waals surface area contributed by atoms with Gasteiger partial charge in [-0.3, -0.25) is 14.9 Å². The number of carbonyl (C=O) groups is 2. The van der Waals surface area contributed by atoms with Crippen molar-refractivity contribution in [3.8, 4) is 5.75 Å². The maximum atomic E-state index is 12.8. The van der Waals surface area contributed by atoms with Crippen LogP contribution >= 0.6 is 12.2 Å². The summed E-state index contributed by atoms with van der Waals surface area (Å²) in [7, 11) is 1.60. The van der Waals surface area contributed by atoms with Gasteiger partial charge in [-0.25, -0.2) is 0 Å². The van der Waals surface area contributed by atoms with Crippen molar-refractivity contribution >= 4 is 40.9 Å². The molecular weight excluding hydrogens is 410 g/mol. The zero-order valence-corrected chi connectivity index (χ0v) is 19.0. The second kappa shape index (κ2) is 12.5. The maximum absolute atomic E-state index is 12.8. The summed E-state index contributed by atoms with van der Waals surface area (Å²) in [6.07, 6.45) is 4.91. The summed E-state index contributed by atoms with van der Waals surface area (Å²) in [5.41, 5.74) is 2.09. The highest BCUT2D eigenvalue weighted by Gasteiger charge is 2.14. The highest BCUT2D eigenvalue weighted by atomic mass is 32.1. The van der Waals surface area contributed by atoms with Crippen molar-refractivity contribution in [1.29, 1.82) is 0 Å². The lowest BCUT2D eigenvalue weighted by Crippen LogP contribution is -2.33. The first kappa shape index (κ1) is 24.1. The van der Waals surface area contributed by atoms with Crippen LogP contribution in [0.2, 0.25) is 0 Å².